The first-order valence-corrected chi connectivity index (χ1v) is 7.23. The molecule has 0 radical (unpaired) electrons. The Kier molecular flexibility index (Phi) is 5.27. The van der Waals surface area contributed by atoms with Crippen LogP contribution in [-0.4, -0.2) is 23.4 Å². The van der Waals surface area contributed by atoms with E-state index in [-0.39, 0.29) is 36.6 Å². The first kappa shape index (κ1) is 17.1. The van der Waals surface area contributed by atoms with Gasteiger partial charge in [0.15, 0.2) is 0 Å². The van der Waals surface area contributed by atoms with Gasteiger partial charge < -0.3 is 10.1 Å². The van der Waals surface area contributed by atoms with Gasteiger partial charge in [0.1, 0.15) is 6.61 Å². The number of nitro benzene ring substituents is 1. The standard InChI is InChI=1S/C16H15N3O5/c1-10-15(16(21)24-7-3-6-17)13(9-14(20)18-10)11-4-2-5-12(8-11)19(22)23/h2,4-5,8,13H,3,7,9H2,1H3,(H,18,20). The molecule has 8 nitrogen and oxygen atoms in total. The molecule has 8 heteroatoms. The molecule has 0 aliphatic carbocycles. The van der Waals surface area contributed by atoms with E-state index in [0.717, 1.165) is 0 Å². The smallest absolute Gasteiger partial charge is 0.336 e. The van der Waals surface area contributed by atoms with E-state index in [9.17, 15) is 19.7 Å². The summed E-state index contributed by atoms with van der Waals surface area (Å²) in [5.41, 5.74) is 0.969. The van der Waals surface area contributed by atoms with Crippen molar-refractivity contribution in [3.8, 4) is 6.07 Å². The van der Waals surface area contributed by atoms with Crippen LogP contribution in [0.2, 0.25) is 0 Å². The highest BCUT2D eigenvalue weighted by atomic mass is 16.6. The van der Waals surface area contributed by atoms with Crippen LogP contribution in [0.1, 0.15) is 31.2 Å². The summed E-state index contributed by atoms with van der Waals surface area (Å²) < 4.78 is 5.05. The second-order valence-corrected chi connectivity index (χ2v) is 5.24. The van der Waals surface area contributed by atoms with Gasteiger partial charge in [0.05, 0.1) is 23.0 Å². The molecule has 2 rings (SSSR count). The molecular formula is C16H15N3O5. The second-order valence-electron chi connectivity index (χ2n) is 5.24. The monoisotopic (exact) mass is 329 g/mol. The number of nitro groups is 1. The van der Waals surface area contributed by atoms with E-state index in [1.165, 1.54) is 18.2 Å². The minimum Gasteiger partial charge on any atom is -0.461 e. The molecule has 0 saturated heterocycles. The van der Waals surface area contributed by atoms with Gasteiger partial charge in [-0.15, -0.1) is 0 Å². The summed E-state index contributed by atoms with van der Waals surface area (Å²) in [6, 6.07) is 7.70. The van der Waals surface area contributed by atoms with E-state index >= 15 is 0 Å². The van der Waals surface area contributed by atoms with Crippen molar-refractivity contribution in [3.63, 3.8) is 0 Å². The zero-order valence-electron chi connectivity index (χ0n) is 12.9. The van der Waals surface area contributed by atoms with Crippen LogP contribution in [-0.2, 0) is 14.3 Å². The summed E-state index contributed by atoms with van der Waals surface area (Å²) in [6.45, 7) is 1.52. The van der Waals surface area contributed by atoms with Gasteiger partial charge in [0.25, 0.3) is 5.69 Å². The summed E-state index contributed by atoms with van der Waals surface area (Å²) in [5.74, 6) is -1.55. The van der Waals surface area contributed by atoms with Crippen molar-refractivity contribution < 1.29 is 19.2 Å². The first-order chi connectivity index (χ1) is 11.4. The van der Waals surface area contributed by atoms with E-state index in [2.05, 4.69) is 5.32 Å². The van der Waals surface area contributed by atoms with Crippen molar-refractivity contribution in [1.29, 1.82) is 5.26 Å². The summed E-state index contributed by atoms with van der Waals surface area (Å²) in [6.07, 6.45) is 0.0487. The van der Waals surface area contributed by atoms with Crippen LogP contribution in [0, 0.1) is 21.4 Å². The average Bonchev–Trinajstić information content (AvgIpc) is 2.54. The van der Waals surface area contributed by atoms with Crippen LogP contribution < -0.4 is 5.32 Å². The fraction of sp³-hybridized carbons (Fsp3) is 0.312. The van der Waals surface area contributed by atoms with E-state index in [0.29, 0.717) is 11.3 Å². The molecule has 1 atom stereocenters. The summed E-state index contributed by atoms with van der Waals surface area (Å²) in [4.78, 5) is 34.6. The number of allylic oxidation sites excluding steroid dienone is 1. The third-order valence-corrected chi connectivity index (χ3v) is 3.62. The first-order valence-electron chi connectivity index (χ1n) is 7.23. The molecule has 0 aromatic heterocycles. The van der Waals surface area contributed by atoms with Gasteiger partial charge >= 0.3 is 5.97 Å². The SMILES string of the molecule is CC1=C(C(=O)OCCC#N)C(c2cccc([N+](=O)[O-])c2)CC(=O)N1. The molecule has 1 aromatic rings. The zero-order valence-corrected chi connectivity index (χ0v) is 12.9. The second kappa shape index (κ2) is 7.37. The maximum Gasteiger partial charge on any atom is 0.336 e. The fourth-order valence-electron chi connectivity index (χ4n) is 2.58. The highest BCUT2D eigenvalue weighted by Crippen LogP contribution is 2.34. The number of carbonyl (C=O) groups excluding carboxylic acids is 2. The van der Waals surface area contributed by atoms with Crippen LogP contribution >= 0.6 is 0 Å². The number of hydrogen-bond donors (Lipinski definition) is 1. The topological polar surface area (TPSA) is 122 Å². The van der Waals surface area contributed by atoms with Crippen LogP contribution in [0.15, 0.2) is 35.5 Å². The van der Waals surface area contributed by atoms with Crippen LogP contribution in [0.25, 0.3) is 0 Å². The largest absolute Gasteiger partial charge is 0.461 e. The number of hydrogen-bond acceptors (Lipinski definition) is 6. The van der Waals surface area contributed by atoms with Gasteiger partial charge in [-0.25, -0.2) is 4.79 Å². The fourth-order valence-corrected chi connectivity index (χ4v) is 2.58. The average molecular weight is 329 g/mol. The summed E-state index contributed by atoms with van der Waals surface area (Å²) in [7, 11) is 0. The Bertz CT molecular complexity index is 763. The number of carbonyl (C=O) groups is 2. The van der Waals surface area contributed by atoms with Crippen LogP contribution in [0.5, 0.6) is 0 Å². The lowest BCUT2D eigenvalue weighted by atomic mass is 9.84. The molecule has 124 valence electrons. The number of nitrogens with one attached hydrogen (secondary N) is 1. The van der Waals surface area contributed by atoms with Crippen molar-refractivity contribution in [1.82, 2.24) is 5.32 Å². The van der Waals surface area contributed by atoms with E-state index in [4.69, 9.17) is 10.00 Å². The molecular weight excluding hydrogens is 314 g/mol. The number of ether oxygens (including phenoxy) is 1. The lowest BCUT2D eigenvalue weighted by Gasteiger charge is -2.26. The Morgan fingerprint density at radius 3 is 2.96 bits per heavy atom. The third kappa shape index (κ3) is 3.76. The van der Waals surface area contributed by atoms with Crippen LogP contribution in [0.3, 0.4) is 0 Å². The van der Waals surface area contributed by atoms with Crippen molar-refractivity contribution in [2.75, 3.05) is 6.61 Å². The molecule has 0 saturated carbocycles. The molecule has 1 aromatic carbocycles. The van der Waals surface area contributed by atoms with Gasteiger partial charge in [-0.3, -0.25) is 14.9 Å². The van der Waals surface area contributed by atoms with E-state index < -0.39 is 16.8 Å². The molecule has 24 heavy (non-hydrogen) atoms. The molecule has 1 amide bonds. The highest BCUT2D eigenvalue weighted by Gasteiger charge is 2.33. The zero-order chi connectivity index (χ0) is 17.7. The molecule has 1 aliphatic rings. The van der Waals surface area contributed by atoms with Crippen molar-refractivity contribution in [2.24, 2.45) is 0 Å². The Labute approximate surface area is 137 Å². The normalized spacial score (nSPS) is 17.0. The Balaban J connectivity index is 2.38. The number of nitrogens with zero attached hydrogens (tertiary/aromatic N) is 2. The van der Waals surface area contributed by atoms with Crippen molar-refractivity contribution in [2.45, 2.75) is 25.7 Å². The number of amides is 1. The predicted octanol–water partition coefficient (Wildman–Crippen LogP) is 1.93. The minimum absolute atomic E-state index is 0.0127. The van der Waals surface area contributed by atoms with Gasteiger partial charge in [-0.2, -0.15) is 5.26 Å². The lowest BCUT2D eigenvalue weighted by molar-refractivity contribution is -0.384. The molecule has 1 aliphatic heterocycles. The molecule has 0 fully saturated rings. The number of non-ortho nitro benzene ring substituents is 1. The quantitative estimate of drug-likeness (QED) is 0.381. The Morgan fingerprint density at radius 2 is 2.29 bits per heavy atom. The number of esters is 1. The van der Waals surface area contributed by atoms with Gasteiger partial charge in [-0.1, -0.05) is 12.1 Å². The van der Waals surface area contributed by atoms with Gasteiger partial charge in [0, 0.05) is 30.2 Å². The van der Waals surface area contributed by atoms with E-state index in [1.807, 2.05) is 6.07 Å². The minimum atomic E-state index is -0.640. The summed E-state index contributed by atoms with van der Waals surface area (Å²) in [5, 5.41) is 22.0. The lowest BCUT2D eigenvalue weighted by Crippen LogP contribution is -2.34. The molecule has 1 unspecified atom stereocenters. The van der Waals surface area contributed by atoms with Gasteiger partial charge in [0.2, 0.25) is 5.91 Å². The third-order valence-electron chi connectivity index (χ3n) is 3.62. The summed E-state index contributed by atoms with van der Waals surface area (Å²) >= 11 is 0. The number of rotatable bonds is 5. The van der Waals surface area contributed by atoms with E-state index in [1.54, 1.807) is 13.0 Å². The number of nitriles is 1. The van der Waals surface area contributed by atoms with Crippen molar-refractivity contribution >= 4 is 17.6 Å². The van der Waals surface area contributed by atoms with Gasteiger partial charge in [-0.05, 0) is 12.5 Å². The molecule has 1 heterocycles. The number of benzene rings is 1. The Morgan fingerprint density at radius 1 is 1.54 bits per heavy atom. The maximum atomic E-state index is 12.3. The predicted molar refractivity (Wildman–Crippen MR) is 82.5 cm³/mol. The molecule has 0 spiro atoms. The maximum absolute atomic E-state index is 12.3. The van der Waals surface area contributed by atoms with Crippen LogP contribution in [0.4, 0.5) is 5.69 Å². The molecule has 0 bridgehead atoms. The van der Waals surface area contributed by atoms with Crippen molar-refractivity contribution in [3.05, 3.63) is 51.2 Å². The highest BCUT2D eigenvalue weighted by molar-refractivity contribution is 5.95. The molecule has 1 N–H and O–H groups in total. The Hall–Kier alpha value is -3.21.